The van der Waals surface area contributed by atoms with Gasteiger partial charge in [0.1, 0.15) is 6.04 Å². The molecule has 0 aromatic heterocycles. The molecule has 0 aromatic carbocycles. The Morgan fingerprint density at radius 1 is 1.21 bits per heavy atom. The van der Waals surface area contributed by atoms with E-state index in [0.717, 1.165) is 0 Å². The number of alkyl halides is 3. The molecule has 28 heavy (non-hydrogen) atoms. The molecule has 0 radical (unpaired) electrons. The van der Waals surface area contributed by atoms with Gasteiger partial charge < -0.3 is 10.2 Å². The number of halogens is 4. The zero-order chi connectivity index (χ0) is 20.7. The molecule has 1 atom stereocenters. The topological polar surface area (TPSA) is 68.2 Å². The van der Waals surface area contributed by atoms with Gasteiger partial charge in [-0.25, -0.2) is 12.7 Å². The zero-order valence-electron chi connectivity index (χ0n) is 17.0. The van der Waals surface area contributed by atoms with Gasteiger partial charge in [0.15, 0.2) is 5.96 Å². The number of guanidine groups is 1. The molecule has 1 saturated heterocycles. The average molecular weight is 543 g/mol. The van der Waals surface area contributed by atoms with E-state index >= 15 is 0 Å². The first-order chi connectivity index (χ1) is 12.5. The van der Waals surface area contributed by atoms with Crippen LogP contribution in [0.1, 0.15) is 27.2 Å². The van der Waals surface area contributed by atoms with Crippen LogP contribution in [0, 0.1) is 0 Å². The first-order valence-corrected chi connectivity index (χ1v) is 10.9. The normalized spacial score (nSPS) is 18.1. The van der Waals surface area contributed by atoms with Crippen molar-refractivity contribution >= 4 is 40.0 Å². The van der Waals surface area contributed by atoms with Crippen LogP contribution in [-0.2, 0) is 10.0 Å². The fourth-order valence-corrected chi connectivity index (χ4v) is 3.64. The van der Waals surface area contributed by atoms with Gasteiger partial charge in [-0.05, 0) is 27.2 Å². The summed E-state index contributed by atoms with van der Waals surface area (Å²) in [5.41, 5.74) is 0. The Bertz CT molecular complexity index is 581. The highest BCUT2D eigenvalue weighted by Crippen LogP contribution is 2.25. The van der Waals surface area contributed by atoms with Gasteiger partial charge in [-0.3, -0.25) is 9.89 Å². The number of nitrogens with one attached hydrogen (secondary N) is 1. The summed E-state index contributed by atoms with van der Waals surface area (Å²) in [7, 11) is -1.64. The molecule has 7 nitrogen and oxygen atoms in total. The molecule has 0 bridgehead atoms. The Morgan fingerprint density at radius 2 is 1.79 bits per heavy atom. The highest BCUT2D eigenvalue weighted by molar-refractivity contribution is 14.0. The van der Waals surface area contributed by atoms with Crippen molar-refractivity contribution in [3.8, 4) is 0 Å². The summed E-state index contributed by atoms with van der Waals surface area (Å²) in [5, 5.41) is 3.16. The lowest BCUT2D eigenvalue weighted by molar-refractivity contribution is -0.181. The maximum atomic E-state index is 12.9. The fraction of sp³-hybridized carbons (Fsp3) is 0.938. The van der Waals surface area contributed by atoms with Crippen molar-refractivity contribution in [2.45, 2.75) is 39.4 Å². The Balaban J connectivity index is 0.00000729. The Labute approximate surface area is 183 Å². The van der Waals surface area contributed by atoms with Crippen LogP contribution in [0.3, 0.4) is 0 Å². The van der Waals surface area contributed by atoms with Crippen LogP contribution in [0.5, 0.6) is 0 Å². The van der Waals surface area contributed by atoms with Crippen molar-refractivity contribution in [2.24, 2.45) is 4.99 Å². The van der Waals surface area contributed by atoms with Gasteiger partial charge >= 0.3 is 6.18 Å². The molecule has 168 valence electrons. The van der Waals surface area contributed by atoms with E-state index in [9.17, 15) is 21.6 Å². The molecule has 1 fully saturated rings. The third-order valence-electron chi connectivity index (χ3n) is 4.70. The lowest BCUT2D eigenvalue weighted by Gasteiger charge is -2.39. The van der Waals surface area contributed by atoms with Crippen LogP contribution >= 0.6 is 24.0 Å². The third-order valence-corrected chi connectivity index (χ3v) is 6.56. The number of nitrogens with zero attached hydrogens (tertiary/aromatic N) is 4. The molecule has 0 aromatic rings. The molecule has 0 amide bonds. The minimum atomic E-state index is -4.22. The monoisotopic (exact) mass is 543 g/mol. The molecule has 1 heterocycles. The lowest BCUT2D eigenvalue weighted by atomic mass is 10.2. The van der Waals surface area contributed by atoms with Gasteiger partial charge in [0.05, 0.1) is 5.75 Å². The maximum Gasteiger partial charge on any atom is 0.403 e. The molecule has 0 saturated carbocycles. The summed E-state index contributed by atoms with van der Waals surface area (Å²) in [5.74, 6) is 0.730. The van der Waals surface area contributed by atoms with Crippen molar-refractivity contribution < 1.29 is 21.6 Å². The summed E-state index contributed by atoms with van der Waals surface area (Å²) in [6, 6.07) is -1.45. The van der Waals surface area contributed by atoms with E-state index in [0.29, 0.717) is 58.2 Å². The smallest absolute Gasteiger partial charge is 0.357 e. The molecule has 0 aliphatic carbocycles. The van der Waals surface area contributed by atoms with E-state index in [1.54, 1.807) is 14.0 Å². The van der Waals surface area contributed by atoms with E-state index in [1.807, 2.05) is 11.8 Å². The minimum absolute atomic E-state index is 0. The van der Waals surface area contributed by atoms with Crippen LogP contribution in [0.4, 0.5) is 13.2 Å². The van der Waals surface area contributed by atoms with E-state index in [-0.39, 0.29) is 29.7 Å². The second kappa shape index (κ2) is 12.4. The summed E-state index contributed by atoms with van der Waals surface area (Å²) < 4.78 is 63.3. The zero-order valence-corrected chi connectivity index (χ0v) is 20.1. The minimum Gasteiger partial charge on any atom is -0.357 e. The van der Waals surface area contributed by atoms with E-state index in [2.05, 4.69) is 10.3 Å². The summed E-state index contributed by atoms with van der Waals surface area (Å²) in [6.07, 6.45) is -3.64. The van der Waals surface area contributed by atoms with Gasteiger partial charge in [0.2, 0.25) is 10.0 Å². The number of hydrogen-bond acceptors (Lipinski definition) is 4. The van der Waals surface area contributed by atoms with Crippen LogP contribution in [0.2, 0.25) is 0 Å². The van der Waals surface area contributed by atoms with Crippen molar-refractivity contribution in [3.05, 3.63) is 0 Å². The number of rotatable bonds is 8. The lowest BCUT2D eigenvalue weighted by Crippen LogP contribution is -2.56. The van der Waals surface area contributed by atoms with Crippen molar-refractivity contribution in [1.29, 1.82) is 0 Å². The van der Waals surface area contributed by atoms with Gasteiger partial charge in [0, 0.05) is 52.9 Å². The Hall–Kier alpha value is -0.340. The largest absolute Gasteiger partial charge is 0.403 e. The summed E-state index contributed by atoms with van der Waals surface area (Å²) >= 11 is 0. The summed E-state index contributed by atoms with van der Waals surface area (Å²) in [6.45, 7) is 7.79. The van der Waals surface area contributed by atoms with Crippen molar-refractivity contribution in [2.75, 3.05) is 58.6 Å². The van der Waals surface area contributed by atoms with Gasteiger partial charge in [-0.2, -0.15) is 13.2 Å². The van der Waals surface area contributed by atoms with Crippen LogP contribution in [0.15, 0.2) is 4.99 Å². The predicted molar refractivity (Wildman–Crippen MR) is 117 cm³/mol. The predicted octanol–water partition coefficient (Wildman–Crippen LogP) is 1.81. The first-order valence-electron chi connectivity index (χ1n) is 9.31. The molecule has 1 aliphatic rings. The van der Waals surface area contributed by atoms with Crippen LogP contribution < -0.4 is 5.32 Å². The summed E-state index contributed by atoms with van der Waals surface area (Å²) in [4.78, 5) is 7.89. The number of hydrogen-bond donors (Lipinski definition) is 1. The van der Waals surface area contributed by atoms with E-state index in [1.165, 1.54) is 16.1 Å². The quantitative estimate of drug-likeness (QED) is 0.219. The third kappa shape index (κ3) is 8.57. The highest BCUT2D eigenvalue weighted by atomic mass is 127. The van der Waals surface area contributed by atoms with Gasteiger partial charge in [-0.15, -0.1) is 24.0 Å². The molecular formula is C16H33F3IN5O2S. The molecule has 12 heteroatoms. The second-order valence-electron chi connectivity index (χ2n) is 6.55. The fourth-order valence-electron chi connectivity index (χ4n) is 2.79. The Morgan fingerprint density at radius 3 is 2.25 bits per heavy atom. The first kappa shape index (κ1) is 27.7. The Kier molecular flexibility index (Phi) is 12.2. The molecule has 1 N–H and O–H groups in total. The molecule has 1 unspecified atom stereocenters. The molecule has 1 aliphatic heterocycles. The average Bonchev–Trinajstić information content (AvgIpc) is 2.62. The maximum absolute atomic E-state index is 12.9. The van der Waals surface area contributed by atoms with Crippen LogP contribution in [0.25, 0.3) is 0 Å². The van der Waals surface area contributed by atoms with E-state index < -0.39 is 22.2 Å². The van der Waals surface area contributed by atoms with Crippen LogP contribution in [-0.4, -0.2) is 99.3 Å². The standard InChI is InChI=1S/C16H32F3N5O2S.HI/c1-5-20-15(21-8-7-9-22(4)27(25,26)6-2)24-12-10-23(11-13-24)14(3)16(17,18)19;/h14H,5-13H2,1-4H3,(H,20,21);1H. The number of sulfonamides is 1. The second-order valence-corrected chi connectivity index (χ2v) is 8.92. The van der Waals surface area contributed by atoms with E-state index in [4.69, 9.17) is 0 Å². The van der Waals surface area contributed by atoms with Gasteiger partial charge in [0.25, 0.3) is 0 Å². The highest BCUT2D eigenvalue weighted by Gasteiger charge is 2.41. The number of aliphatic imine (C=N–C) groups is 1. The molecule has 1 rings (SSSR count). The van der Waals surface area contributed by atoms with Gasteiger partial charge in [-0.1, -0.05) is 0 Å². The SMILES string of the molecule is CCNC(=NCCCN(C)S(=O)(=O)CC)N1CCN(C(C)C(F)(F)F)CC1.I. The molecule has 0 spiro atoms. The molecular weight excluding hydrogens is 510 g/mol. The number of piperazine rings is 1. The van der Waals surface area contributed by atoms with Crippen molar-refractivity contribution in [1.82, 2.24) is 19.4 Å². The van der Waals surface area contributed by atoms with Crippen molar-refractivity contribution in [3.63, 3.8) is 0 Å².